The summed E-state index contributed by atoms with van der Waals surface area (Å²) < 4.78 is 7.63. The Morgan fingerprint density at radius 2 is 2.10 bits per heavy atom. The second-order valence-corrected chi connectivity index (χ2v) is 6.92. The molecule has 1 aliphatic heterocycles. The van der Waals surface area contributed by atoms with Crippen LogP contribution in [-0.4, -0.2) is 16.5 Å². The topological polar surface area (TPSA) is 118 Å². The molecule has 0 aliphatic carbocycles. The maximum absolute atomic E-state index is 9.81. The highest BCUT2D eigenvalue weighted by molar-refractivity contribution is 5.59. The van der Waals surface area contributed by atoms with Crippen molar-refractivity contribution in [2.24, 2.45) is 16.6 Å². The van der Waals surface area contributed by atoms with E-state index in [2.05, 4.69) is 31.7 Å². The van der Waals surface area contributed by atoms with Crippen molar-refractivity contribution < 1.29 is 4.74 Å². The molecule has 8 heteroatoms. The Balaban J connectivity index is 2.17. The molecule has 29 heavy (non-hydrogen) atoms. The van der Waals surface area contributed by atoms with E-state index in [1.54, 1.807) is 15.9 Å². The number of rotatable bonds is 6. The van der Waals surface area contributed by atoms with E-state index in [1.165, 1.54) is 6.20 Å². The standard InChI is InChI=1S/C21H25N7O/c1-5-27-21-18(19(26-27)13(2)3)17(16(12-23)20(24)29-21)14-6-8-15(9-7-14)28(25-4)11-10-22/h6-11,13,17H,4-5,22,24H2,1-3H3/b11-10-. The van der Waals surface area contributed by atoms with E-state index in [1.807, 2.05) is 31.2 Å². The quantitative estimate of drug-likeness (QED) is 0.577. The number of nitrogens with two attached hydrogens (primary N) is 2. The van der Waals surface area contributed by atoms with Crippen molar-refractivity contribution in [1.29, 1.82) is 5.26 Å². The van der Waals surface area contributed by atoms with E-state index < -0.39 is 0 Å². The number of aryl methyl sites for hydroxylation is 1. The number of allylic oxidation sites excluding steroid dienone is 1. The summed E-state index contributed by atoms with van der Waals surface area (Å²) in [6, 6.07) is 9.90. The normalized spacial score (nSPS) is 15.9. The van der Waals surface area contributed by atoms with Crippen molar-refractivity contribution in [3.8, 4) is 11.9 Å². The monoisotopic (exact) mass is 391 g/mol. The number of nitrogens with zero attached hydrogens (tertiary/aromatic N) is 5. The van der Waals surface area contributed by atoms with E-state index in [0.29, 0.717) is 18.0 Å². The van der Waals surface area contributed by atoms with Crippen molar-refractivity contribution in [3.05, 3.63) is 64.9 Å². The highest BCUT2D eigenvalue weighted by Crippen LogP contribution is 2.45. The van der Waals surface area contributed by atoms with Crippen molar-refractivity contribution >= 4 is 12.4 Å². The third kappa shape index (κ3) is 3.43. The fraction of sp³-hybridized carbons (Fsp3) is 0.286. The van der Waals surface area contributed by atoms with E-state index in [0.717, 1.165) is 22.5 Å². The van der Waals surface area contributed by atoms with Gasteiger partial charge in [0.25, 0.3) is 0 Å². The van der Waals surface area contributed by atoms with Crippen LogP contribution in [0, 0.1) is 11.3 Å². The summed E-state index contributed by atoms with van der Waals surface area (Å²) in [5.41, 5.74) is 15.5. The third-order valence-corrected chi connectivity index (χ3v) is 4.86. The van der Waals surface area contributed by atoms with Gasteiger partial charge in [0.2, 0.25) is 11.8 Å². The van der Waals surface area contributed by atoms with Crippen molar-refractivity contribution in [2.75, 3.05) is 5.01 Å². The molecule has 1 unspecified atom stereocenters. The van der Waals surface area contributed by atoms with Gasteiger partial charge < -0.3 is 16.2 Å². The highest BCUT2D eigenvalue weighted by Gasteiger charge is 2.37. The van der Waals surface area contributed by atoms with Gasteiger partial charge in [-0.05, 0) is 30.5 Å². The number of hydrogen-bond acceptors (Lipinski definition) is 7. The summed E-state index contributed by atoms with van der Waals surface area (Å²) in [6.45, 7) is 10.3. The largest absolute Gasteiger partial charge is 0.422 e. The third-order valence-electron chi connectivity index (χ3n) is 4.86. The van der Waals surface area contributed by atoms with Gasteiger partial charge in [-0.2, -0.15) is 15.5 Å². The van der Waals surface area contributed by atoms with Crippen molar-refractivity contribution in [1.82, 2.24) is 9.78 Å². The Bertz CT molecular complexity index is 1010. The van der Waals surface area contributed by atoms with E-state index in [4.69, 9.17) is 21.3 Å². The molecule has 1 aromatic heterocycles. The number of ether oxygens (including phenoxy) is 1. The molecule has 0 spiro atoms. The maximum atomic E-state index is 9.81. The minimum atomic E-state index is -0.356. The van der Waals surface area contributed by atoms with Crippen LogP contribution in [0.2, 0.25) is 0 Å². The highest BCUT2D eigenvalue weighted by atomic mass is 16.5. The number of aromatic nitrogens is 2. The molecule has 1 aromatic carbocycles. The van der Waals surface area contributed by atoms with Crippen LogP contribution in [0.4, 0.5) is 5.69 Å². The maximum Gasteiger partial charge on any atom is 0.224 e. The van der Waals surface area contributed by atoms with Crippen LogP contribution in [0.1, 0.15) is 49.4 Å². The average Bonchev–Trinajstić information content (AvgIpc) is 3.09. The average molecular weight is 391 g/mol. The molecular weight excluding hydrogens is 366 g/mol. The van der Waals surface area contributed by atoms with Crippen LogP contribution in [0.15, 0.2) is 53.2 Å². The molecule has 0 radical (unpaired) electrons. The Labute approximate surface area is 170 Å². The van der Waals surface area contributed by atoms with Crippen LogP contribution >= 0.6 is 0 Å². The fourth-order valence-electron chi connectivity index (χ4n) is 3.51. The Morgan fingerprint density at radius 1 is 1.41 bits per heavy atom. The number of hydrogen-bond donors (Lipinski definition) is 2. The summed E-state index contributed by atoms with van der Waals surface area (Å²) in [7, 11) is 0. The van der Waals surface area contributed by atoms with Gasteiger partial charge in [0, 0.05) is 25.7 Å². The zero-order valence-electron chi connectivity index (χ0n) is 16.8. The molecule has 1 aliphatic rings. The van der Waals surface area contributed by atoms with Crippen molar-refractivity contribution in [3.63, 3.8) is 0 Å². The molecule has 8 nitrogen and oxygen atoms in total. The Hall–Kier alpha value is -3.73. The molecule has 1 atom stereocenters. The predicted molar refractivity (Wildman–Crippen MR) is 113 cm³/mol. The van der Waals surface area contributed by atoms with Crippen LogP contribution in [0.5, 0.6) is 5.88 Å². The summed E-state index contributed by atoms with van der Waals surface area (Å²) in [4.78, 5) is 0. The van der Waals surface area contributed by atoms with Gasteiger partial charge >= 0.3 is 0 Å². The lowest BCUT2D eigenvalue weighted by atomic mass is 9.82. The van der Waals surface area contributed by atoms with Gasteiger partial charge in [-0.1, -0.05) is 26.0 Å². The smallest absolute Gasteiger partial charge is 0.224 e. The summed E-state index contributed by atoms with van der Waals surface area (Å²) in [6.07, 6.45) is 2.99. The molecule has 3 rings (SSSR count). The lowest BCUT2D eigenvalue weighted by Crippen LogP contribution is -2.22. The number of fused-ring (bicyclic) bond motifs is 1. The molecular formula is C21H25N7O. The van der Waals surface area contributed by atoms with Crippen molar-refractivity contribution in [2.45, 2.75) is 39.2 Å². The summed E-state index contributed by atoms with van der Waals surface area (Å²) in [5, 5.41) is 20.0. The molecule has 2 aromatic rings. The fourth-order valence-corrected chi connectivity index (χ4v) is 3.51. The predicted octanol–water partition coefficient (Wildman–Crippen LogP) is 3.10. The number of benzene rings is 1. The van der Waals surface area contributed by atoms with Gasteiger partial charge in [-0.15, -0.1) is 0 Å². The summed E-state index contributed by atoms with van der Waals surface area (Å²) in [5.74, 6) is 0.517. The minimum Gasteiger partial charge on any atom is -0.422 e. The lowest BCUT2D eigenvalue weighted by molar-refractivity contribution is 0.350. The number of nitriles is 1. The molecule has 0 saturated carbocycles. The number of anilines is 1. The molecule has 4 N–H and O–H groups in total. The zero-order chi connectivity index (χ0) is 21.1. The molecule has 150 valence electrons. The molecule has 0 amide bonds. The van der Waals surface area contributed by atoms with E-state index in [-0.39, 0.29) is 17.7 Å². The minimum absolute atomic E-state index is 0.111. The second-order valence-electron chi connectivity index (χ2n) is 6.92. The summed E-state index contributed by atoms with van der Waals surface area (Å²) >= 11 is 0. The first-order valence-corrected chi connectivity index (χ1v) is 9.39. The molecule has 2 heterocycles. The van der Waals surface area contributed by atoms with Gasteiger partial charge in [0.15, 0.2) is 0 Å². The lowest BCUT2D eigenvalue weighted by Gasteiger charge is -2.26. The van der Waals surface area contributed by atoms with Crippen LogP contribution < -0.4 is 21.2 Å². The van der Waals surface area contributed by atoms with Gasteiger partial charge in [0.1, 0.15) is 11.6 Å². The Morgan fingerprint density at radius 3 is 2.62 bits per heavy atom. The molecule has 0 saturated heterocycles. The van der Waals surface area contributed by atoms with Crippen LogP contribution in [-0.2, 0) is 6.54 Å². The first-order chi connectivity index (χ1) is 14.0. The SMILES string of the molecule is C=NN(/C=C\N)c1ccc(C2C(C#N)=C(N)Oc3c2c(C(C)C)nn3CC)cc1. The van der Waals surface area contributed by atoms with E-state index in [9.17, 15) is 5.26 Å². The van der Waals surface area contributed by atoms with Crippen LogP contribution in [0.25, 0.3) is 0 Å². The number of hydrazone groups is 1. The first-order valence-electron chi connectivity index (χ1n) is 9.39. The van der Waals surface area contributed by atoms with Gasteiger partial charge in [0.05, 0.1) is 22.9 Å². The van der Waals surface area contributed by atoms with Crippen LogP contribution in [0.3, 0.4) is 0 Å². The van der Waals surface area contributed by atoms with Gasteiger partial charge in [-0.25, -0.2) is 9.69 Å². The Kier molecular flexibility index (Phi) is 5.59. The van der Waals surface area contributed by atoms with Gasteiger partial charge in [-0.3, -0.25) is 0 Å². The molecule has 0 fully saturated rings. The zero-order valence-corrected chi connectivity index (χ0v) is 16.8. The van der Waals surface area contributed by atoms with E-state index >= 15 is 0 Å². The molecule has 0 bridgehead atoms. The second kappa shape index (κ2) is 8.10. The first kappa shape index (κ1) is 20.0.